The van der Waals surface area contributed by atoms with Crippen LogP contribution in [-0.2, 0) is 15.9 Å². The number of methoxy groups -OCH3 is 1. The Bertz CT molecular complexity index is 755. The normalized spacial score (nSPS) is 18.0. The van der Waals surface area contributed by atoms with Gasteiger partial charge in [-0.25, -0.2) is 0 Å². The third kappa shape index (κ3) is 3.60. The summed E-state index contributed by atoms with van der Waals surface area (Å²) in [5, 5.41) is 0. The lowest BCUT2D eigenvalue weighted by Gasteiger charge is -2.32. The van der Waals surface area contributed by atoms with E-state index < -0.39 is 7.12 Å². The highest BCUT2D eigenvalue weighted by molar-refractivity contribution is 6.62. The van der Waals surface area contributed by atoms with Crippen LogP contribution < -0.4 is 14.9 Å². The highest BCUT2D eigenvalue weighted by atomic mass is 16.7. The van der Waals surface area contributed by atoms with Crippen LogP contribution in [0.3, 0.4) is 0 Å². The first-order chi connectivity index (χ1) is 12.2. The van der Waals surface area contributed by atoms with E-state index in [1.165, 1.54) is 0 Å². The molecule has 1 aliphatic rings. The quantitative estimate of drug-likeness (QED) is 0.764. The van der Waals surface area contributed by atoms with Crippen molar-refractivity contribution in [3.63, 3.8) is 0 Å². The summed E-state index contributed by atoms with van der Waals surface area (Å²) in [5.74, 6) is 1.39. The highest BCUT2D eigenvalue weighted by Crippen LogP contribution is 2.37. The summed E-state index contributed by atoms with van der Waals surface area (Å²) in [6.45, 7) is 10.7. The van der Waals surface area contributed by atoms with E-state index in [9.17, 15) is 0 Å². The second kappa shape index (κ2) is 6.97. The lowest BCUT2D eigenvalue weighted by Crippen LogP contribution is -2.41. The minimum absolute atomic E-state index is 0.375. The monoisotopic (exact) mass is 354 g/mol. The fourth-order valence-corrected chi connectivity index (χ4v) is 2.91. The third-order valence-corrected chi connectivity index (χ3v) is 5.30. The predicted molar refractivity (Wildman–Crippen MR) is 104 cm³/mol. The summed E-state index contributed by atoms with van der Waals surface area (Å²) < 4.78 is 23.9. The Morgan fingerprint density at radius 3 is 2.12 bits per heavy atom. The Kier molecular flexibility index (Phi) is 5.04. The van der Waals surface area contributed by atoms with Gasteiger partial charge in [-0.05, 0) is 63.3 Å². The van der Waals surface area contributed by atoms with Crippen molar-refractivity contribution in [2.45, 2.75) is 52.4 Å². The van der Waals surface area contributed by atoms with Crippen LogP contribution in [0.15, 0.2) is 42.5 Å². The Morgan fingerprint density at radius 2 is 1.54 bits per heavy atom. The Balaban J connectivity index is 1.84. The Hall–Kier alpha value is -1.98. The number of ether oxygens (including phenoxy) is 2. The SMILES string of the molecule is COc1cc(B2OC(C)(C)C(C)(C)O2)c(C)cc1OCc1ccccc1. The Labute approximate surface area is 156 Å². The highest BCUT2D eigenvalue weighted by Gasteiger charge is 2.52. The molecule has 2 aromatic rings. The van der Waals surface area contributed by atoms with Crippen LogP contribution in [0.5, 0.6) is 11.5 Å². The van der Waals surface area contributed by atoms with E-state index >= 15 is 0 Å². The maximum atomic E-state index is 6.18. The van der Waals surface area contributed by atoms with Gasteiger partial charge < -0.3 is 18.8 Å². The average molecular weight is 354 g/mol. The molecule has 0 aliphatic carbocycles. The molecular formula is C21H27BO4. The summed E-state index contributed by atoms with van der Waals surface area (Å²) in [6.07, 6.45) is 0. The van der Waals surface area contributed by atoms with Gasteiger partial charge in [0.05, 0.1) is 18.3 Å². The summed E-state index contributed by atoms with van der Waals surface area (Å²) in [6, 6.07) is 14.0. The van der Waals surface area contributed by atoms with Gasteiger partial charge in [-0.2, -0.15) is 0 Å². The van der Waals surface area contributed by atoms with Crippen LogP contribution in [0.4, 0.5) is 0 Å². The number of rotatable bonds is 5. The summed E-state index contributed by atoms with van der Waals surface area (Å²) >= 11 is 0. The number of benzene rings is 2. The molecule has 0 saturated carbocycles. The summed E-state index contributed by atoms with van der Waals surface area (Å²) in [5.41, 5.74) is 2.38. The van der Waals surface area contributed by atoms with Crippen molar-refractivity contribution in [3.05, 3.63) is 53.6 Å². The molecule has 0 bridgehead atoms. The molecule has 0 N–H and O–H groups in total. The molecule has 0 spiro atoms. The molecule has 3 rings (SSSR count). The zero-order valence-corrected chi connectivity index (χ0v) is 16.5. The van der Waals surface area contributed by atoms with E-state index in [1.54, 1.807) is 7.11 Å². The lowest BCUT2D eigenvalue weighted by molar-refractivity contribution is 0.00578. The molecule has 4 nitrogen and oxygen atoms in total. The zero-order valence-electron chi connectivity index (χ0n) is 16.5. The number of hydrogen-bond donors (Lipinski definition) is 0. The van der Waals surface area contributed by atoms with Gasteiger partial charge >= 0.3 is 7.12 Å². The van der Waals surface area contributed by atoms with Crippen molar-refractivity contribution >= 4 is 12.6 Å². The molecule has 1 saturated heterocycles. The van der Waals surface area contributed by atoms with Gasteiger partial charge in [0.2, 0.25) is 0 Å². The topological polar surface area (TPSA) is 36.9 Å². The van der Waals surface area contributed by atoms with E-state index in [2.05, 4.69) is 27.7 Å². The van der Waals surface area contributed by atoms with Crippen molar-refractivity contribution in [2.24, 2.45) is 0 Å². The van der Waals surface area contributed by atoms with Crippen LogP contribution in [-0.4, -0.2) is 25.4 Å². The van der Waals surface area contributed by atoms with Gasteiger partial charge in [-0.3, -0.25) is 0 Å². The Morgan fingerprint density at radius 1 is 0.923 bits per heavy atom. The minimum Gasteiger partial charge on any atom is -0.493 e. The fourth-order valence-electron chi connectivity index (χ4n) is 2.91. The van der Waals surface area contributed by atoms with Crippen molar-refractivity contribution in [3.8, 4) is 11.5 Å². The molecule has 0 atom stereocenters. The van der Waals surface area contributed by atoms with Gasteiger partial charge in [-0.15, -0.1) is 0 Å². The lowest BCUT2D eigenvalue weighted by atomic mass is 9.76. The van der Waals surface area contributed by atoms with Crippen LogP contribution >= 0.6 is 0 Å². The zero-order chi connectivity index (χ0) is 18.9. The van der Waals surface area contributed by atoms with Gasteiger partial charge in [0.25, 0.3) is 0 Å². The maximum absolute atomic E-state index is 6.18. The van der Waals surface area contributed by atoms with Crippen molar-refractivity contribution in [1.29, 1.82) is 0 Å². The summed E-state index contributed by atoms with van der Waals surface area (Å²) in [7, 11) is 1.23. The van der Waals surface area contributed by atoms with Gasteiger partial charge in [-0.1, -0.05) is 30.3 Å². The number of hydrogen-bond acceptors (Lipinski definition) is 4. The average Bonchev–Trinajstić information content (AvgIpc) is 2.81. The molecule has 26 heavy (non-hydrogen) atoms. The fraction of sp³-hybridized carbons (Fsp3) is 0.429. The first-order valence-corrected chi connectivity index (χ1v) is 8.94. The van der Waals surface area contributed by atoms with Gasteiger partial charge in [0.1, 0.15) is 6.61 Å². The molecule has 0 radical (unpaired) electrons. The van der Waals surface area contributed by atoms with Crippen LogP contribution in [0.25, 0.3) is 0 Å². The van der Waals surface area contributed by atoms with E-state index in [-0.39, 0.29) is 11.2 Å². The van der Waals surface area contributed by atoms with E-state index in [4.69, 9.17) is 18.8 Å². The molecule has 2 aromatic carbocycles. The van der Waals surface area contributed by atoms with Crippen molar-refractivity contribution in [1.82, 2.24) is 0 Å². The first kappa shape index (κ1) is 18.8. The molecule has 0 amide bonds. The molecule has 0 aromatic heterocycles. The van der Waals surface area contributed by atoms with Crippen LogP contribution in [0.2, 0.25) is 0 Å². The van der Waals surface area contributed by atoms with Gasteiger partial charge in [0, 0.05) is 0 Å². The standard InChI is InChI=1S/C21H27BO4/c1-15-12-19(24-14-16-10-8-7-9-11-16)18(23-6)13-17(15)22-25-20(2,3)21(4,5)26-22/h7-13H,14H2,1-6H3. The second-order valence-corrected chi connectivity index (χ2v) is 7.72. The molecule has 138 valence electrons. The van der Waals surface area contributed by atoms with Crippen LogP contribution in [0, 0.1) is 6.92 Å². The molecule has 1 fully saturated rings. The molecular weight excluding hydrogens is 327 g/mol. The second-order valence-electron chi connectivity index (χ2n) is 7.72. The third-order valence-electron chi connectivity index (χ3n) is 5.30. The smallest absolute Gasteiger partial charge is 0.493 e. The molecule has 0 unspecified atom stereocenters. The summed E-state index contributed by atoms with van der Waals surface area (Å²) in [4.78, 5) is 0. The molecule has 5 heteroatoms. The van der Waals surface area contributed by atoms with E-state index in [0.717, 1.165) is 16.6 Å². The van der Waals surface area contributed by atoms with E-state index in [0.29, 0.717) is 18.1 Å². The molecule has 1 aliphatic heterocycles. The number of aryl methyl sites for hydroxylation is 1. The van der Waals surface area contributed by atoms with Crippen LogP contribution in [0.1, 0.15) is 38.8 Å². The van der Waals surface area contributed by atoms with E-state index in [1.807, 2.05) is 49.4 Å². The largest absolute Gasteiger partial charge is 0.495 e. The van der Waals surface area contributed by atoms with Crippen molar-refractivity contribution < 1.29 is 18.8 Å². The minimum atomic E-state index is -0.419. The van der Waals surface area contributed by atoms with Crippen molar-refractivity contribution in [2.75, 3.05) is 7.11 Å². The maximum Gasteiger partial charge on any atom is 0.495 e. The van der Waals surface area contributed by atoms with Gasteiger partial charge in [0.15, 0.2) is 11.5 Å². The first-order valence-electron chi connectivity index (χ1n) is 8.94. The predicted octanol–water partition coefficient (Wildman–Crippen LogP) is 3.88. The molecule has 1 heterocycles.